The van der Waals surface area contributed by atoms with Gasteiger partial charge < -0.3 is 14.2 Å². The van der Waals surface area contributed by atoms with Gasteiger partial charge in [0.2, 0.25) is 10.0 Å². The molecule has 4 rings (SSSR count). The van der Waals surface area contributed by atoms with Crippen LogP contribution in [0.4, 0.5) is 0 Å². The van der Waals surface area contributed by atoms with Crippen molar-refractivity contribution in [1.29, 1.82) is 0 Å². The smallest absolute Gasteiger partial charge is 0.333 e. The highest BCUT2D eigenvalue weighted by molar-refractivity contribution is 7.89. The van der Waals surface area contributed by atoms with E-state index in [9.17, 15) is 22.8 Å². The molecule has 0 fully saturated rings. The molecule has 0 aliphatic carbocycles. The summed E-state index contributed by atoms with van der Waals surface area (Å²) in [6.45, 7) is 10.9. The summed E-state index contributed by atoms with van der Waals surface area (Å²) in [4.78, 5) is 40.8. The minimum atomic E-state index is -4.40. The Morgan fingerprint density at radius 2 is 1.61 bits per heavy atom. The lowest BCUT2D eigenvalue weighted by Crippen LogP contribution is -2.48. The SMILES string of the molecule is C#CCN(C(CCn1c(=O)c2ccccc2n(COC(C)[Si](C)(C)C)c1=O)C(=O)OCC=C)S(=O)(=O)c1ccc(Oc2ccccc2)cc1. The lowest BCUT2D eigenvalue weighted by molar-refractivity contribution is -0.147. The first-order valence-electron chi connectivity index (χ1n) is 15.7. The van der Waals surface area contributed by atoms with Gasteiger partial charge in [0.1, 0.15) is 30.9 Å². The van der Waals surface area contributed by atoms with Crippen LogP contribution in [-0.2, 0) is 37.6 Å². The molecule has 11 nitrogen and oxygen atoms in total. The second kappa shape index (κ2) is 16.1. The predicted octanol–water partition coefficient (Wildman–Crippen LogP) is 5.01. The van der Waals surface area contributed by atoms with Crippen molar-refractivity contribution in [3.63, 3.8) is 0 Å². The summed E-state index contributed by atoms with van der Waals surface area (Å²) in [5, 5.41) is 0.267. The molecule has 1 heterocycles. The van der Waals surface area contributed by atoms with Gasteiger partial charge in [-0.25, -0.2) is 13.2 Å². The molecular weight excluding hydrogens is 663 g/mol. The van der Waals surface area contributed by atoms with Crippen LogP contribution < -0.4 is 16.0 Å². The zero-order chi connectivity index (χ0) is 35.8. The average Bonchev–Trinajstić information content (AvgIpc) is 3.08. The number of rotatable bonds is 16. The number of benzene rings is 3. The molecule has 0 aliphatic heterocycles. The molecule has 0 saturated carbocycles. The van der Waals surface area contributed by atoms with Crippen molar-refractivity contribution < 1.29 is 27.4 Å². The fraction of sp³-hybridized carbons (Fsp3) is 0.306. The molecule has 3 aromatic carbocycles. The molecule has 0 spiro atoms. The molecule has 49 heavy (non-hydrogen) atoms. The molecule has 0 saturated heterocycles. The Hall–Kier alpha value is -4.74. The van der Waals surface area contributed by atoms with Gasteiger partial charge in [0.05, 0.1) is 30.4 Å². The number of esters is 1. The third-order valence-corrected chi connectivity index (χ3v) is 12.5. The molecule has 1 aromatic heterocycles. The molecular formula is C36H41N3O8SSi. The monoisotopic (exact) mass is 703 g/mol. The van der Waals surface area contributed by atoms with Crippen LogP contribution in [0.1, 0.15) is 13.3 Å². The van der Waals surface area contributed by atoms with E-state index in [0.717, 1.165) is 8.87 Å². The van der Waals surface area contributed by atoms with E-state index in [2.05, 4.69) is 32.1 Å². The molecule has 0 amide bonds. The fourth-order valence-corrected chi connectivity index (χ4v) is 6.99. The highest BCUT2D eigenvalue weighted by atomic mass is 32.2. The topological polar surface area (TPSA) is 126 Å². The Labute approximate surface area is 287 Å². The zero-order valence-corrected chi connectivity index (χ0v) is 29.9. The molecule has 0 aliphatic rings. The van der Waals surface area contributed by atoms with Gasteiger partial charge in [0, 0.05) is 12.3 Å². The Balaban J connectivity index is 1.70. The maximum absolute atomic E-state index is 14.0. The van der Waals surface area contributed by atoms with Crippen molar-refractivity contribution >= 4 is 35.0 Å². The minimum Gasteiger partial charge on any atom is -0.460 e. The Bertz CT molecular complexity index is 2050. The third kappa shape index (κ3) is 8.84. The standard InChI is InChI=1S/C36H41N3O8SSi/c1-7-23-39(48(43,44)30-20-18-29(19-21-30)47-28-14-10-9-11-15-28)33(35(41)45-25-8-2)22-24-37-34(40)31-16-12-13-17-32(31)38(36(37)42)26-46-27(3)49(4,5)6/h1,8-21,27,33H,2,22-26H2,3-6H3. The zero-order valence-electron chi connectivity index (χ0n) is 28.1. The number of carbonyl (C=O) groups excluding carboxylic acids is 1. The first kappa shape index (κ1) is 37.1. The maximum atomic E-state index is 14.0. The molecule has 4 aromatic rings. The van der Waals surface area contributed by atoms with Crippen LogP contribution in [0.2, 0.25) is 19.6 Å². The number of nitrogens with zero attached hydrogens (tertiary/aromatic N) is 3. The van der Waals surface area contributed by atoms with Gasteiger partial charge in [-0.05, 0) is 61.9 Å². The van der Waals surface area contributed by atoms with Crippen LogP contribution in [0.15, 0.2) is 106 Å². The number of terminal acetylenes is 1. The number of fused-ring (bicyclic) bond motifs is 1. The second-order valence-corrected chi connectivity index (χ2v) is 19.8. The van der Waals surface area contributed by atoms with E-state index in [0.29, 0.717) is 17.0 Å². The molecule has 2 atom stereocenters. The van der Waals surface area contributed by atoms with Gasteiger partial charge in [0.25, 0.3) is 5.56 Å². The Morgan fingerprint density at radius 3 is 2.24 bits per heavy atom. The summed E-state index contributed by atoms with van der Waals surface area (Å²) in [6.07, 6.45) is 6.66. The molecule has 0 radical (unpaired) electrons. The van der Waals surface area contributed by atoms with Crippen molar-refractivity contribution in [2.45, 2.75) is 62.9 Å². The summed E-state index contributed by atoms with van der Waals surface area (Å²) >= 11 is 0. The van der Waals surface area contributed by atoms with E-state index >= 15 is 0 Å². The van der Waals surface area contributed by atoms with Gasteiger partial charge in [-0.2, -0.15) is 4.31 Å². The van der Waals surface area contributed by atoms with Crippen LogP contribution in [0, 0.1) is 12.3 Å². The maximum Gasteiger partial charge on any atom is 0.333 e. The van der Waals surface area contributed by atoms with E-state index in [4.69, 9.17) is 20.6 Å². The number of sulfonamides is 1. The van der Waals surface area contributed by atoms with E-state index in [-0.39, 0.29) is 42.3 Å². The van der Waals surface area contributed by atoms with Crippen molar-refractivity contribution in [1.82, 2.24) is 13.4 Å². The summed E-state index contributed by atoms with van der Waals surface area (Å²) in [7, 11) is -6.12. The second-order valence-electron chi connectivity index (χ2n) is 12.4. The van der Waals surface area contributed by atoms with Crippen molar-refractivity contribution in [2.24, 2.45) is 0 Å². The number of para-hydroxylation sites is 2. The van der Waals surface area contributed by atoms with E-state index < -0.39 is 47.9 Å². The first-order valence-corrected chi connectivity index (χ1v) is 20.7. The van der Waals surface area contributed by atoms with Gasteiger partial charge in [-0.15, -0.1) is 6.42 Å². The Kier molecular flexibility index (Phi) is 12.2. The summed E-state index contributed by atoms with van der Waals surface area (Å²) in [5.41, 5.74) is -0.947. The molecule has 258 valence electrons. The number of hydrogen-bond acceptors (Lipinski definition) is 8. The number of carbonyl (C=O) groups is 1. The van der Waals surface area contributed by atoms with Gasteiger partial charge in [0.15, 0.2) is 0 Å². The third-order valence-electron chi connectivity index (χ3n) is 8.05. The normalized spacial score (nSPS) is 13.1. The van der Waals surface area contributed by atoms with Gasteiger partial charge >= 0.3 is 11.7 Å². The van der Waals surface area contributed by atoms with E-state index in [1.54, 1.807) is 36.4 Å². The van der Waals surface area contributed by atoms with Gasteiger partial charge in [-0.1, -0.05) is 68.5 Å². The highest BCUT2D eigenvalue weighted by Gasteiger charge is 2.37. The van der Waals surface area contributed by atoms with Crippen LogP contribution in [-0.4, -0.2) is 60.8 Å². The van der Waals surface area contributed by atoms with Crippen LogP contribution >= 0.6 is 0 Å². The lowest BCUT2D eigenvalue weighted by Gasteiger charge is -2.28. The predicted molar refractivity (Wildman–Crippen MR) is 192 cm³/mol. The first-order chi connectivity index (χ1) is 23.3. The minimum absolute atomic E-state index is 0.0935. The summed E-state index contributed by atoms with van der Waals surface area (Å²) in [5.74, 6) is 2.37. The highest BCUT2D eigenvalue weighted by Crippen LogP contribution is 2.26. The van der Waals surface area contributed by atoms with Crippen molar-refractivity contribution in [3.05, 3.63) is 112 Å². The number of hydrogen-bond donors (Lipinski definition) is 0. The van der Waals surface area contributed by atoms with Crippen LogP contribution in [0.3, 0.4) is 0 Å². The van der Waals surface area contributed by atoms with E-state index in [1.807, 2.05) is 25.1 Å². The fourth-order valence-electron chi connectivity index (χ4n) is 4.89. The molecule has 0 N–H and O–H groups in total. The Morgan fingerprint density at radius 1 is 0.980 bits per heavy atom. The summed E-state index contributed by atoms with van der Waals surface area (Å²) in [6, 6.07) is 19.8. The largest absolute Gasteiger partial charge is 0.460 e. The summed E-state index contributed by atoms with van der Waals surface area (Å²) < 4.78 is 48.4. The molecule has 0 bridgehead atoms. The molecule has 2 unspecified atom stereocenters. The number of ether oxygens (including phenoxy) is 3. The van der Waals surface area contributed by atoms with Crippen molar-refractivity contribution in [2.75, 3.05) is 13.2 Å². The molecule has 13 heteroatoms. The van der Waals surface area contributed by atoms with Crippen LogP contribution in [0.5, 0.6) is 11.5 Å². The lowest BCUT2D eigenvalue weighted by atomic mass is 10.2. The van der Waals surface area contributed by atoms with Crippen molar-refractivity contribution in [3.8, 4) is 23.8 Å². The quantitative estimate of drug-likeness (QED) is 0.0691. The average molecular weight is 704 g/mol. The number of aromatic nitrogens is 2. The van der Waals surface area contributed by atoms with Crippen LogP contribution in [0.25, 0.3) is 10.9 Å². The van der Waals surface area contributed by atoms with Gasteiger partial charge in [-0.3, -0.25) is 18.7 Å². The van der Waals surface area contributed by atoms with E-state index in [1.165, 1.54) is 34.9 Å².